The molecule has 1 aliphatic heterocycles. The van der Waals surface area contributed by atoms with Crippen LogP contribution in [0.1, 0.15) is 22.7 Å². The van der Waals surface area contributed by atoms with Crippen LogP contribution in [-0.2, 0) is 6.42 Å². The van der Waals surface area contributed by atoms with Gasteiger partial charge < -0.3 is 5.73 Å². The number of nitrogens with two attached hydrogens (primary N) is 1. The molecule has 1 atom stereocenters. The van der Waals surface area contributed by atoms with Crippen LogP contribution in [0.3, 0.4) is 0 Å². The third kappa shape index (κ3) is 2.47. The van der Waals surface area contributed by atoms with Crippen LogP contribution in [0.25, 0.3) is 0 Å². The average molecular weight is 277 g/mol. The monoisotopic (exact) mass is 276 g/mol. The first-order valence-electron chi connectivity index (χ1n) is 5.91. The highest BCUT2D eigenvalue weighted by Crippen LogP contribution is 2.29. The van der Waals surface area contributed by atoms with Crippen molar-refractivity contribution < 1.29 is 4.39 Å². The van der Waals surface area contributed by atoms with E-state index >= 15 is 0 Å². The van der Waals surface area contributed by atoms with Crippen LogP contribution in [0.2, 0.25) is 0 Å². The van der Waals surface area contributed by atoms with Gasteiger partial charge in [-0.2, -0.15) is 0 Å². The Morgan fingerprint density at radius 3 is 2.53 bits per heavy atom. The summed E-state index contributed by atoms with van der Waals surface area (Å²) in [4.78, 5) is 4.41. The summed E-state index contributed by atoms with van der Waals surface area (Å²) in [6, 6.07) is 15.0. The van der Waals surface area contributed by atoms with Gasteiger partial charge in [-0.1, -0.05) is 42.5 Å². The van der Waals surface area contributed by atoms with Crippen molar-refractivity contribution in [2.75, 3.05) is 0 Å². The first-order chi connectivity index (χ1) is 8.75. The van der Waals surface area contributed by atoms with E-state index in [0.717, 1.165) is 11.1 Å². The molecule has 98 valence electrons. The lowest BCUT2D eigenvalue weighted by molar-refractivity contribution is 0.613. The molecule has 0 aliphatic carbocycles. The molecule has 2 nitrogen and oxygen atoms in total. The van der Waals surface area contributed by atoms with Crippen LogP contribution in [0.15, 0.2) is 53.5 Å². The van der Waals surface area contributed by atoms with Gasteiger partial charge in [-0.3, -0.25) is 4.99 Å². The molecule has 0 saturated carbocycles. The minimum absolute atomic E-state index is 0. The van der Waals surface area contributed by atoms with Gasteiger partial charge in [0.2, 0.25) is 0 Å². The number of benzene rings is 2. The second kappa shape index (κ2) is 5.41. The van der Waals surface area contributed by atoms with Crippen molar-refractivity contribution in [1.29, 1.82) is 0 Å². The van der Waals surface area contributed by atoms with Gasteiger partial charge in [-0.25, -0.2) is 4.39 Å². The van der Waals surface area contributed by atoms with E-state index in [1.165, 1.54) is 6.07 Å². The smallest absolute Gasteiger partial charge is 0.134 e. The lowest BCUT2D eigenvalue weighted by Crippen LogP contribution is -2.24. The number of amidine groups is 1. The van der Waals surface area contributed by atoms with Crippen molar-refractivity contribution in [1.82, 2.24) is 0 Å². The average Bonchev–Trinajstić information content (AvgIpc) is 2.39. The van der Waals surface area contributed by atoms with Crippen LogP contribution in [0.4, 0.5) is 4.39 Å². The second-order valence-electron chi connectivity index (χ2n) is 4.42. The predicted molar refractivity (Wildman–Crippen MR) is 77.3 cm³/mol. The largest absolute Gasteiger partial charge is 0.383 e. The Morgan fingerprint density at radius 2 is 1.79 bits per heavy atom. The first-order valence-corrected chi connectivity index (χ1v) is 5.91. The number of hydrogen-bond acceptors (Lipinski definition) is 2. The number of hydrogen-bond donors (Lipinski definition) is 1. The van der Waals surface area contributed by atoms with Gasteiger partial charge in [0.25, 0.3) is 0 Å². The maximum atomic E-state index is 13.7. The highest BCUT2D eigenvalue weighted by molar-refractivity contribution is 6.00. The molecule has 1 heterocycles. The second-order valence-corrected chi connectivity index (χ2v) is 4.42. The molecule has 0 spiro atoms. The Kier molecular flexibility index (Phi) is 3.86. The zero-order valence-corrected chi connectivity index (χ0v) is 11.0. The molecule has 0 radical (unpaired) electrons. The van der Waals surface area contributed by atoms with Crippen LogP contribution >= 0.6 is 12.4 Å². The standard InChI is InChI=1S/C15H13FN2.ClH/c16-12-8-4-7-11-9-13(18-15(17)14(11)12)10-5-2-1-3-6-10;/h1-8,13H,9H2,(H2,17,18);1H. The third-order valence-corrected chi connectivity index (χ3v) is 3.25. The predicted octanol–water partition coefficient (Wildman–Crippen LogP) is 3.25. The number of nitrogens with zero attached hydrogens (tertiary/aromatic N) is 1. The summed E-state index contributed by atoms with van der Waals surface area (Å²) >= 11 is 0. The van der Waals surface area contributed by atoms with E-state index in [1.807, 2.05) is 36.4 Å². The Balaban J connectivity index is 0.00000133. The van der Waals surface area contributed by atoms with Crippen LogP contribution in [0.5, 0.6) is 0 Å². The molecule has 19 heavy (non-hydrogen) atoms. The van der Waals surface area contributed by atoms with Gasteiger partial charge in [0.15, 0.2) is 0 Å². The lowest BCUT2D eigenvalue weighted by Gasteiger charge is -2.22. The summed E-state index contributed by atoms with van der Waals surface area (Å²) in [6.45, 7) is 0. The van der Waals surface area contributed by atoms with Gasteiger partial charge in [0.05, 0.1) is 11.6 Å². The highest BCUT2D eigenvalue weighted by Gasteiger charge is 2.22. The minimum Gasteiger partial charge on any atom is -0.383 e. The summed E-state index contributed by atoms with van der Waals surface area (Å²) in [5.41, 5.74) is 8.38. The van der Waals surface area contributed by atoms with E-state index in [4.69, 9.17) is 5.73 Å². The van der Waals surface area contributed by atoms with Crippen molar-refractivity contribution in [2.24, 2.45) is 10.7 Å². The third-order valence-electron chi connectivity index (χ3n) is 3.25. The topological polar surface area (TPSA) is 38.4 Å². The summed E-state index contributed by atoms with van der Waals surface area (Å²) in [5, 5.41) is 0. The number of halogens is 2. The molecule has 1 aliphatic rings. The van der Waals surface area contributed by atoms with Gasteiger partial charge in [-0.15, -0.1) is 12.4 Å². The Morgan fingerprint density at radius 1 is 1.05 bits per heavy atom. The van der Waals surface area contributed by atoms with Crippen LogP contribution in [-0.4, -0.2) is 5.84 Å². The Bertz CT molecular complexity index is 611. The first kappa shape index (κ1) is 13.6. The number of aliphatic imine (C=N–C) groups is 1. The Hall–Kier alpha value is -1.87. The molecule has 3 rings (SSSR count). The van der Waals surface area contributed by atoms with E-state index < -0.39 is 0 Å². The highest BCUT2D eigenvalue weighted by atomic mass is 35.5. The number of fused-ring (bicyclic) bond motifs is 1. The van der Waals surface area contributed by atoms with Gasteiger partial charge in [-0.05, 0) is 23.6 Å². The molecule has 0 bridgehead atoms. The summed E-state index contributed by atoms with van der Waals surface area (Å²) in [6.07, 6.45) is 0.692. The molecule has 0 amide bonds. The van der Waals surface area contributed by atoms with Crippen molar-refractivity contribution in [2.45, 2.75) is 12.5 Å². The maximum absolute atomic E-state index is 13.7. The van der Waals surface area contributed by atoms with E-state index in [9.17, 15) is 4.39 Å². The maximum Gasteiger partial charge on any atom is 0.134 e. The summed E-state index contributed by atoms with van der Waals surface area (Å²) in [5.74, 6) is 0.00321. The Labute approximate surface area is 117 Å². The molecule has 4 heteroatoms. The SMILES string of the molecule is Cl.NC1=NC(c2ccccc2)Cc2cccc(F)c21. The normalized spacial score (nSPS) is 17.1. The van der Waals surface area contributed by atoms with E-state index in [1.54, 1.807) is 6.07 Å². The number of rotatable bonds is 1. The molecule has 2 aromatic rings. The molecule has 0 saturated heterocycles. The summed E-state index contributed by atoms with van der Waals surface area (Å²) < 4.78 is 13.7. The van der Waals surface area contributed by atoms with Crippen LogP contribution < -0.4 is 5.73 Å². The molecule has 1 unspecified atom stereocenters. The molecule has 2 N–H and O–H groups in total. The molecular formula is C15H14ClFN2. The van der Waals surface area contributed by atoms with E-state index in [-0.39, 0.29) is 24.3 Å². The van der Waals surface area contributed by atoms with Crippen molar-refractivity contribution in [3.05, 3.63) is 71.0 Å². The fourth-order valence-electron chi connectivity index (χ4n) is 2.38. The van der Waals surface area contributed by atoms with Gasteiger partial charge >= 0.3 is 0 Å². The quantitative estimate of drug-likeness (QED) is 0.853. The molecular weight excluding hydrogens is 263 g/mol. The molecule has 0 fully saturated rings. The zero-order chi connectivity index (χ0) is 12.5. The zero-order valence-electron chi connectivity index (χ0n) is 10.2. The summed E-state index contributed by atoms with van der Waals surface area (Å²) in [7, 11) is 0. The molecule has 0 aromatic heterocycles. The van der Waals surface area contributed by atoms with Gasteiger partial charge in [0.1, 0.15) is 11.7 Å². The minimum atomic E-state index is -0.291. The van der Waals surface area contributed by atoms with E-state index in [2.05, 4.69) is 4.99 Å². The van der Waals surface area contributed by atoms with Gasteiger partial charge in [0, 0.05) is 0 Å². The van der Waals surface area contributed by atoms with Crippen molar-refractivity contribution >= 4 is 18.2 Å². The lowest BCUT2D eigenvalue weighted by atomic mass is 9.92. The fraction of sp³-hybridized carbons (Fsp3) is 0.133. The van der Waals surface area contributed by atoms with Crippen molar-refractivity contribution in [3.63, 3.8) is 0 Å². The fourth-order valence-corrected chi connectivity index (χ4v) is 2.38. The van der Waals surface area contributed by atoms with Crippen LogP contribution in [0, 0.1) is 5.82 Å². The molecule has 2 aromatic carbocycles. The van der Waals surface area contributed by atoms with E-state index in [0.29, 0.717) is 17.8 Å². The van der Waals surface area contributed by atoms with Crippen molar-refractivity contribution in [3.8, 4) is 0 Å².